The minimum atomic E-state index is 0.0149. The summed E-state index contributed by atoms with van der Waals surface area (Å²) >= 11 is 8.20. The first-order valence-electron chi connectivity index (χ1n) is 6.69. The third-order valence-electron chi connectivity index (χ3n) is 3.36. The quantitative estimate of drug-likeness (QED) is 0.656. The van der Waals surface area contributed by atoms with Gasteiger partial charge in [0.05, 0.1) is 5.38 Å². The van der Waals surface area contributed by atoms with Crippen molar-refractivity contribution in [3.05, 3.63) is 71.1 Å². The van der Waals surface area contributed by atoms with Crippen LogP contribution < -0.4 is 5.32 Å². The Morgan fingerprint density at radius 3 is 2.60 bits per heavy atom. The molecule has 0 spiro atoms. The van der Waals surface area contributed by atoms with E-state index in [1.165, 1.54) is 15.6 Å². The molecule has 1 nitrogen and oxygen atoms in total. The van der Waals surface area contributed by atoms with Gasteiger partial charge in [-0.15, -0.1) is 22.9 Å². The van der Waals surface area contributed by atoms with Crippen molar-refractivity contribution in [1.82, 2.24) is 5.32 Å². The van der Waals surface area contributed by atoms with Crippen LogP contribution >= 0.6 is 22.9 Å². The molecule has 3 aromatic rings. The van der Waals surface area contributed by atoms with Crippen LogP contribution in [0.15, 0.2) is 60.0 Å². The summed E-state index contributed by atoms with van der Waals surface area (Å²) in [5.74, 6) is 0. The van der Waals surface area contributed by atoms with Crippen LogP contribution in [0, 0.1) is 0 Å². The second-order valence-corrected chi connectivity index (χ2v) is 6.20. The Balaban J connectivity index is 1.60. The number of rotatable bonds is 5. The minimum absolute atomic E-state index is 0.0149. The fourth-order valence-corrected chi connectivity index (χ4v) is 3.50. The monoisotopic (exact) mass is 301 g/mol. The van der Waals surface area contributed by atoms with E-state index in [2.05, 4.69) is 47.1 Å². The molecule has 102 valence electrons. The maximum absolute atomic E-state index is 6.40. The highest BCUT2D eigenvalue weighted by atomic mass is 35.5. The maximum Gasteiger partial charge on any atom is 0.0709 e. The Labute approximate surface area is 128 Å². The summed E-state index contributed by atoms with van der Waals surface area (Å²) in [6, 6.07) is 18.7. The highest BCUT2D eigenvalue weighted by molar-refractivity contribution is 7.17. The Kier molecular flexibility index (Phi) is 4.36. The van der Waals surface area contributed by atoms with Gasteiger partial charge in [-0.1, -0.05) is 48.5 Å². The van der Waals surface area contributed by atoms with Crippen LogP contribution in [-0.2, 0) is 6.54 Å². The van der Waals surface area contributed by atoms with Crippen molar-refractivity contribution in [2.24, 2.45) is 0 Å². The van der Waals surface area contributed by atoms with Crippen molar-refractivity contribution in [3.8, 4) is 0 Å². The lowest BCUT2D eigenvalue weighted by molar-refractivity contribution is 0.678. The molecule has 20 heavy (non-hydrogen) atoms. The molecule has 1 unspecified atom stereocenters. The summed E-state index contributed by atoms with van der Waals surface area (Å²) in [6.45, 7) is 1.63. The highest BCUT2D eigenvalue weighted by Crippen LogP contribution is 2.25. The van der Waals surface area contributed by atoms with Crippen molar-refractivity contribution in [2.75, 3.05) is 6.54 Å². The van der Waals surface area contributed by atoms with E-state index >= 15 is 0 Å². The third kappa shape index (κ3) is 3.04. The van der Waals surface area contributed by atoms with Gasteiger partial charge in [0.15, 0.2) is 0 Å². The van der Waals surface area contributed by atoms with Crippen molar-refractivity contribution in [2.45, 2.75) is 11.9 Å². The molecule has 1 atom stereocenters. The van der Waals surface area contributed by atoms with Crippen LogP contribution in [0.1, 0.15) is 16.5 Å². The molecule has 0 saturated heterocycles. The molecule has 3 rings (SSSR count). The summed E-state index contributed by atoms with van der Waals surface area (Å²) in [5.41, 5.74) is 2.51. The molecule has 0 radical (unpaired) electrons. The van der Waals surface area contributed by atoms with E-state index < -0.39 is 0 Å². The molecular formula is C17H16ClNS. The predicted octanol–water partition coefficient (Wildman–Crippen LogP) is 4.97. The Bertz CT molecular complexity index is 678. The topological polar surface area (TPSA) is 12.0 Å². The Hall–Kier alpha value is -1.35. The summed E-state index contributed by atoms with van der Waals surface area (Å²) in [6.07, 6.45) is 0. The lowest BCUT2D eigenvalue weighted by Crippen LogP contribution is -2.18. The van der Waals surface area contributed by atoms with E-state index in [1.807, 2.05) is 18.2 Å². The van der Waals surface area contributed by atoms with Crippen LogP contribution in [-0.4, -0.2) is 6.54 Å². The first-order valence-corrected chi connectivity index (χ1v) is 8.01. The van der Waals surface area contributed by atoms with Gasteiger partial charge in [0.1, 0.15) is 0 Å². The Morgan fingerprint density at radius 1 is 1.00 bits per heavy atom. The number of alkyl halides is 1. The summed E-state index contributed by atoms with van der Waals surface area (Å²) in [5, 5.41) is 7.04. The number of halogens is 1. The van der Waals surface area contributed by atoms with Crippen LogP contribution in [0.3, 0.4) is 0 Å². The zero-order chi connectivity index (χ0) is 13.8. The van der Waals surface area contributed by atoms with Crippen LogP contribution in [0.2, 0.25) is 0 Å². The van der Waals surface area contributed by atoms with Crippen molar-refractivity contribution >= 4 is 33.0 Å². The number of hydrogen-bond acceptors (Lipinski definition) is 2. The summed E-state index contributed by atoms with van der Waals surface area (Å²) in [4.78, 5) is 0. The lowest BCUT2D eigenvalue weighted by Gasteiger charge is -2.10. The molecular weight excluding hydrogens is 286 g/mol. The van der Waals surface area contributed by atoms with Crippen molar-refractivity contribution in [3.63, 3.8) is 0 Å². The van der Waals surface area contributed by atoms with Crippen molar-refractivity contribution in [1.29, 1.82) is 0 Å². The van der Waals surface area contributed by atoms with Gasteiger partial charge in [-0.05, 0) is 28.0 Å². The van der Waals surface area contributed by atoms with Gasteiger partial charge in [0.2, 0.25) is 0 Å². The van der Waals surface area contributed by atoms with Crippen LogP contribution in [0.25, 0.3) is 10.1 Å². The molecule has 0 bridgehead atoms. The standard InChI is InChI=1S/C17H16ClNS/c18-16(13-6-2-1-3-7-13)11-19-10-14-12-20-17-9-5-4-8-15(14)17/h1-9,12,16,19H,10-11H2. The largest absolute Gasteiger partial charge is 0.311 e. The first-order chi connectivity index (χ1) is 9.84. The smallest absolute Gasteiger partial charge is 0.0709 e. The molecule has 1 N–H and O–H groups in total. The van der Waals surface area contributed by atoms with Gasteiger partial charge in [-0.3, -0.25) is 0 Å². The molecule has 0 saturated carbocycles. The number of thiophene rings is 1. The number of benzene rings is 2. The van der Waals surface area contributed by atoms with Crippen LogP contribution in [0.5, 0.6) is 0 Å². The summed E-state index contributed by atoms with van der Waals surface area (Å²) in [7, 11) is 0. The van der Waals surface area contributed by atoms with Crippen LogP contribution in [0.4, 0.5) is 0 Å². The molecule has 0 aliphatic heterocycles. The van der Waals surface area contributed by atoms with Gasteiger partial charge in [-0.25, -0.2) is 0 Å². The normalized spacial score (nSPS) is 12.7. The van der Waals surface area contributed by atoms with Gasteiger partial charge >= 0.3 is 0 Å². The molecule has 1 heterocycles. The van der Waals surface area contributed by atoms with E-state index in [1.54, 1.807) is 11.3 Å². The second-order valence-electron chi connectivity index (χ2n) is 4.77. The molecule has 3 heteroatoms. The van der Waals surface area contributed by atoms with Gasteiger partial charge in [0, 0.05) is 17.8 Å². The molecule has 0 amide bonds. The van der Waals surface area contributed by atoms with Gasteiger partial charge < -0.3 is 5.32 Å². The van der Waals surface area contributed by atoms with E-state index in [9.17, 15) is 0 Å². The maximum atomic E-state index is 6.40. The second kappa shape index (κ2) is 6.40. The average Bonchev–Trinajstić information content (AvgIpc) is 2.92. The SMILES string of the molecule is ClC(CNCc1csc2ccccc12)c1ccccc1. The molecule has 0 aliphatic rings. The van der Waals surface area contributed by atoms with E-state index in [0.717, 1.165) is 18.7 Å². The zero-order valence-electron chi connectivity index (χ0n) is 11.1. The van der Waals surface area contributed by atoms with E-state index in [0.29, 0.717) is 0 Å². The van der Waals surface area contributed by atoms with E-state index in [-0.39, 0.29) is 5.38 Å². The fourth-order valence-electron chi connectivity index (χ4n) is 2.28. The average molecular weight is 302 g/mol. The first kappa shape index (κ1) is 13.6. The summed E-state index contributed by atoms with van der Waals surface area (Å²) < 4.78 is 1.34. The minimum Gasteiger partial charge on any atom is -0.311 e. The highest BCUT2D eigenvalue weighted by Gasteiger charge is 2.07. The van der Waals surface area contributed by atoms with Crippen molar-refractivity contribution < 1.29 is 0 Å². The molecule has 0 fully saturated rings. The Morgan fingerprint density at radius 2 is 1.75 bits per heavy atom. The van der Waals surface area contributed by atoms with Gasteiger partial charge in [-0.2, -0.15) is 0 Å². The lowest BCUT2D eigenvalue weighted by atomic mass is 10.1. The zero-order valence-corrected chi connectivity index (χ0v) is 12.6. The number of hydrogen-bond donors (Lipinski definition) is 1. The third-order valence-corrected chi connectivity index (χ3v) is 4.78. The predicted molar refractivity (Wildman–Crippen MR) is 88.6 cm³/mol. The molecule has 2 aromatic carbocycles. The fraction of sp³-hybridized carbons (Fsp3) is 0.176. The van der Waals surface area contributed by atoms with Gasteiger partial charge in [0.25, 0.3) is 0 Å². The number of fused-ring (bicyclic) bond motifs is 1. The number of nitrogens with one attached hydrogen (secondary N) is 1. The molecule has 0 aliphatic carbocycles. The van der Waals surface area contributed by atoms with E-state index in [4.69, 9.17) is 11.6 Å². The molecule has 1 aromatic heterocycles.